The van der Waals surface area contributed by atoms with Crippen molar-refractivity contribution >= 4 is 17.6 Å². The lowest BCUT2D eigenvalue weighted by Crippen LogP contribution is -2.38. The Bertz CT molecular complexity index is 832. The quantitative estimate of drug-likeness (QED) is 0.820. The van der Waals surface area contributed by atoms with Gasteiger partial charge in [-0.3, -0.25) is 4.68 Å². The summed E-state index contributed by atoms with van der Waals surface area (Å²) in [7, 11) is 2.03. The van der Waals surface area contributed by atoms with E-state index in [1.807, 2.05) is 17.8 Å². The fourth-order valence-corrected chi connectivity index (χ4v) is 5.35. The highest BCUT2D eigenvalue weighted by molar-refractivity contribution is 7.99. The molecule has 2 aliphatic heterocycles. The first-order valence-corrected chi connectivity index (χ1v) is 11.1. The number of ether oxygens (including phenoxy) is 1. The third-order valence-electron chi connectivity index (χ3n) is 5.55. The van der Waals surface area contributed by atoms with E-state index in [-0.39, 0.29) is 11.9 Å². The van der Waals surface area contributed by atoms with Crippen LogP contribution in [0.5, 0.6) is 0 Å². The molecule has 2 aromatic rings. The standard InChI is InChI=1S/C21H29FN4OS/c1-14(2)19-16(21(25(3)24-19)26-8-10-27-11-9-26)13-23-18-7-12-28-20-15(18)5-4-6-17(20)22/h4-6,14,18,23H,7-13H2,1-3H3. The first-order valence-electron chi connectivity index (χ1n) is 10.1. The average Bonchev–Trinajstić information content (AvgIpc) is 3.04. The van der Waals surface area contributed by atoms with Gasteiger partial charge in [0, 0.05) is 43.2 Å². The molecule has 0 saturated carbocycles. The number of halogens is 1. The van der Waals surface area contributed by atoms with Crippen molar-refractivity contribution in [3.8, 4) is 0 Å². The average molecular weight is 405 g/mol. The molecule has 4 rings (SSSR count). The summed E-state index contributed by atoms with van der Waals surface area (Å²) in [6.45, 7) is 8.40. The van der Waals surface area contributed by atoms with Gasteiger partial charge < -0.3 is 15.0 Å². The van der Waals surface area contributed by atoms with Gasteiger partial charge in [0.05, 0.1) is 18.9 Å². The van der Waals surface area contributed by atoms with Gasteiger partial charge in [0.25, 0.3) is 0 Å². The molecular formula is C21H29FN4OS. The van der Waals surface area contributed by atoms with Crippen molar-refractivity contribution in [2.24, 2.45) is 7.05 Å². The minimum atomic E-state index is -0.104. The Morgan fingerprint density at radius 2 is 2.11 bits per heavy atom. The topological polar surface area (TPSA) is 42.3 Å². The highest BCUT2D eigenvalue weighted by atomic mass is 32.2. The van der Waals surface area contributed by atoms with Crippen LogP contribution < -0.4 is 10.2 Å². The number of hydrogen-bond acceptors (Lipinski definition) is 5. The first kappa shape index (κ1) is 19.7. The van der Waals surface area contributed by atoms with E-state index in [1.54, 1.807) is 17.8 Å². The Balaban J connectivity index is 1.61. The second-order valence-electron chi connectivity index (χ2n) is 7.79. The zero-order chi connectivity index (χ0) is 19.7. The fraction of sp³-hybridized carbons (Fsp3) is 0.571. The van der Waals surface area contributed by atoms with Crippen LogP contribution in [0.25, 0.3) is 0 Å². The Morgan fingerprint density at radius 1 is 1.32 bits per heavy atom. The third-order valence-corrected chi connectivity index (χ3v) is 6.71. The Labute approximate surface area is 170 Å². The first-order chi connectivity index (χ1) is 13.6. The van der Waals surface area contributed by atoms with E-state index in [4.69, 9.17) is 9.84 Å². The lowest BCUT2D eigenvalue weighted by molar-refractivity contribution is 0.122. The highest BCUT2D eigenvalue weighted by Gasteiger charge is 2.27. The molecule has 1 fully saturated rings. The summed E-state index contributed by atoms with van der Waals surface area (Å²) in [5, 5.41) is 8.56. The number of anilines is 1. The van der Waals surface area contributed by atoms with E-state index in [0.717, 1.165) is 61.2 Å². The summed E-state index contributed by atoms with van der Waals surface area (Å²) in [5.41, 5.74) is 3.48. The maximum absolute atomic E-state index is 14.2. The molecule has 28 heavy (non-hydrogen) atoms. The monoisotopic (exact) mass is 404 g/mol. The van der Waals surface area contributed by atoms with Gasteiger partial charge in [-0.15, -0.1) is 11.8 Å². The van der Waals surface area contributed by atoms with E-state index in [0.29, 0.717) is 5.92 Å². The molecule has 152 valence electrons. The minimum absolute atomic E-state index is 0.104. The lowest BCUT2D eigenvalue weighted by atomic mass is 10.0. The normalized spacial score (nSPS) is 19.9. The third kappa shape index (κ3) is 3.80. The van der Waals surface area contributed by atoms with Gasteiger partial charge in [0.2, 0.25) is 0 Å². The molecule has 3 heterocycles. The van der Waals surface area contributed by atoms with E-state index < -0.39 is 0 Å². The van der Waals surface area contributed by atoms with Crippen LogP contribution >= 0.6 is 11.8 Å². The van der Waals surface area contributed by atoms with Crippen molar-refractivity contribution in [2.75, 3.05) is 37.0 Å². The number of aryl methyl sites for hydroxylation is 1. The zero-order valence-electron chi connectivity index (χ0n) is 16.9. The fourth-order valence-electron chi connectivity index (χ4n) is 4.21. The summed E-state index contributed by atoms with van der Waals surface area (Å²) in [4.78, 5) is 3.18. The van der Waals surface area contributed by atoms with Gasteiger partial charge >= 0.3 is 0 Å². The van der Waals surface area contributed by atoms with E-state index >= 15 is 0 Å². The zero-order valence-corrected chi connectivity index (χ0v) is 17.7. The molecular weight excluding hydrogens is 375 g/mol. The number of aromatic nitrogens is 2. The van der Waals surface area contributed by atoms with Crippen LogP contribution in [0.3, 0.4) is 0 Å². The summed E-state index contributed by atoms with van der Waals surface area (Å²) in [6, 6.07) is 5.60. The number of thioether (sulfide) groups is 1. The van der Waals surface area contributed by atoms with Gasteiger partial charge in [0.15, 0.2) is 0 Å². The number of rotatable bonds is 5. The van der Waals surface area contributed by atoms with Crippen LogP contribution in [0.15, 0.2) is 23.1 Å². The summed E-state index contributed by atoms with van der Waals surface area (Å²) >= 11 is 1.63. The van der Waals surface area contributed by atoms with E-state index in [9.17, 15) is 4.39 Å². The summed E-state index contributed by atoms with van der Waals surface area (Å²) < 4.78 is 21.8. The van der Waals surface area contributed by atoms with Crippen molar-refractivity contribution < 1.29 is 9.13 Å². The molecule has 0 bridgehead atoms. The van der Waals surface area contributed by atoms with Crippen molar-refractivity contribution in [1.82, 2.24) is 15.1 Å². The Hall–Kier alpha value is -1.57. The Morgan fingerprint density at radius 3 is 2.86 bits per heavy atom. The summed E-state index contributed by atoms with van der Waals surface area (Å²) in [5.74, 6) is 2.37. The van der Waals surface area contributed by atoms with E-state index in [2.05, 4.69) is 30.1 Å². The number of nitrogens with one attached hydrogen (secondary N) is 1. The molecule has 0 spiro atoms. The molecule has 1 aromatic heterocycles. The molecule has 1 unspecified atom stereocenters. The molecule has 0 aliphatic carbocycles. The number of morpholine rings is 1. The van der Waals surface area contributed by atoms with Gasteiger partial charge in [0.1, 0.15) is 11.6 Å². The van der Waals surface area contributed by atoms with Gasteiger partial charge in [-0.2, -0.15) is 5.10 Å². The maximum Gasteiger partial charge on any atom is 0.137 e. The highest BCUT2D eigenvalue weighted by Crippen LogP contribution is 2.38. The van der Waals surface area contributed by atoms with Crippen molar-refractivity contribution in [3.05, 3.63) is 40.8 Å². The lowest BCUT2D eigenvalue weighted by Gasteiger charge is -2.31. The molecule has 5 nitrogen and oxygen atoms in total. The Kier molecular flexibility index (Phi) is 5.94. The largest absolute Gasteiger partial charge is 0.378 e. The van der Waals surface area contributed by atoms with Crippen LogP contribution in [0.2, 0.25) is 0 Å². The number of fused-ring (bicyclic) bond motifs is 1. The predicted molar refractivity (Wildman–Crippen MR) is 112 cm³/mol. The number of benzene rings is 1. The molecule has 1 saturated heterocycles. The smallest absolute Gasteiger partial charge is 0.137 e. The predicted octanol–water partition coefficient (Wildman–Crippen LogP) is 3.85. The van der Waals surface area contributed by atoms with Crippen LogP contribution in [-0.4, -0.2) is 41.8 Å². The molecule has 1 aromatic carbocycles. The molecule has 1 atom stereocenters. The molecule has 7 heteroatoms. The van der Waals surface area contributed by atoms with Crippen LogP contribution in [0, 0.1) is 5.82 Å². The molecule has 1 N–H and O–H groups in total. The van der Waals surface area contributed by atoms with Crippen LogP contribution in [0.4, 0.5) is 10.2 Å². The van der Waals surface area contributed by atoms with E-state index in [1.165, 1.54) is 11.4 Å². The second kappa shape index (κ2) is 8.43. The van der Waals surface area contributed by atoms with Gasteiger partial charge in [-0.05, 0) is 29.7 Å². The minimum Gasteiger partial charge on any atom is -0.378 e. The van der Waals surface area contributed by atoms with Crippen molar-refractivity contribution in [2.45, 2.75) is 43.7 Å². The number of hydrogen-bond donors (Lipinski definition) is 1. The molecule has 2 aliphatic rings. The van der Waals surface area contributed by atoms with Crippen LogP contribution in [0.1, 0.15) is 49.0 Å². The van der Waals surface area contributed by atoms with Crippen molar-refractivity contribution in [1.29, 1.82) is 0 Å². The molecule has 0 radical (unpaired) electrons. The number of nitrogens with zero attached hydrogens (tertiary/aromatic N) is 3. The maximum atomic E-state index is 14.2. The summed E-state index contributed by atoms with van der Waals surface area (Å²) in [6.07, 6.45) is 1.01. The molecule has 0 amide bonds. The van der Waals surface area contributed by atoms with Crippen LogP contribution in [-0.2, 0) is 18.3 Å². The SMILES string of the molecule is CC(C)c1nn(C)c(N2CCOCC2)c1CNC1CCSc2c(F)cccc21. The second-order valence-corrected chi connectivity index (χ2v) is 8.90. The van der Waals surface area contributed by atoms with Crippen molar-refractivity contribution in [3.63, 3.8) is 0 Å². The van der Waals surface area contributed by atoms with Gasteiger partial charge in [-0.1, -0.05) is 26.0 Å². The van der Waals surface area contributed by atoms with Gasteiger partial charge in [-0.25, -0.2) is 4.39 Å².